The number of hydrogen-bond donors (Lipinski definition) is 2. The summed E-state index contributed by atoms with van der Waals surface area (Å²) in [5.74, 6) is 0. The second kappa shape index (κ2) is 5.87. The van der Waals surface area contributed by atoms with Gasteiger partial charge in [0.1, 0.15) is 0 Å². The lowest BCUT2D eigenvalue weighted by Crippen LogP contribution is -2.34. The Morgan fingerprint density at radius 3 is 2.31 bits per heavy atom. The lowest BCUT2D eigenvalue weighted by Gasteiger charge is -2.30. The molecule has 0 unspecified atom stereocenters. The van der Waals surface area contributed by atoms with E-state index < -0.39 is 6.10 Å². The van der Waals surface area contributed by atoms with Crippen LogP contribution in [0.1, 0.15) is 32.4 Å². The SMILES string of the molecule is CC(C)N(CCO)c1ccccc1[C@@H](C)O. The van der Waals surface area contributed by atoms with Gasteiger partial charge in [-0.05, 0) is 26.8 Å². The van der Waals surface area contributed by atoms with Crippen molar-refractivity contribution in [2.75, 3.05) is 18.1 Å². The van der Waals surface area contributed by atoms with Gasteiger partial charge in [0, 0.05) is 23.8 Å². The number of anilines is 1. The molecule has 16 heavy (non-hydrogen) atoms. The van der Waals surface area contributed by atoms with Gasteiger partial charge in [-0.15, -0.1) is 0 Å². The predicted octanol–water partition coefficient (Wildman–Crippen LogP) is 1.95. The molecule has 1 atom stereocenters. The summed E-state index contributed by atoms with van der Waals surface area (Å²) in [6, 6.07) is 8.08. The van der Waals surface area contributed by atoms with E-state index in [1.807, 2.05) is 24.3 Å². The van der Waals surface area contributed by atoms with Crippen molar-refractivity contribution >= 4 is 5.69 Å². The molecule has 0 aliphatic carbocycles. The Kier molecular flexibility index (Phi) is 4.77. The third-order valence-corrected chi connectivity index (χ3v) is 2.66. The molecule has 2 N–H and O–H groups in total. The molecule has 0 aliphatic heterocycles. The first kappa shape index (κ1) is 13.0. The average Bonchev–Trinajstić information content (AvgIpc) is 2.25. The summed E-state index contributed by atoms with van der Waals surface area (Å²) < 4.78 is 0. The fraction of sp³-hybridized carbons (Fsp3) is 0.538. The van der Waals surface area contributed by atoms with Crippen molar-refractivity contribution in [2.45, 2.75) is 32.9 Å². The molecule has 0 bridgehead atoms. The van der Waals surface area contributed by atoms with Crippen molar-refractivity contribution in [3.8, 4) is 0 Å². The molecule has 0 saturated carbocycles. The summed E-state index contributed by atoms with van der Waals surface area (Å²) in [7, 11) is 0. The third kappa shape index (κ3) is 2.97. The molecule has 90 valence electrons. The van der Waals surface area contributed by atoms with Crippen molar-refractivity contribution in [3.63, 3.8) is 0 Å². The summed E-state index contributed by atoms with van der Waals surface area (Å²) in [5.41, 5.74) is 1.91. The predicted molar refractivity (Wildman–Crippen MR) is 66.6 cm³/mol. The number of para-hydroxylation sites is 1. The minimum Gasteiger partial charge on any atom is -0.395 e. The van der Waals surface area contributed by atoms with Crippen LogP contribution in [0.2, 0.25) is 0 Å². The topological polar surface area (TPSA) is 43.7 Å². The van der Waals surface area contributed by atoms with Gasteiger partial charge >= 0.3 is 0 Å². The molecule has 0 aliphatic rings. The lowest BCUT2D eigenvalue weighted by molar-refractivity contribution is 0.199. The van der Waals surface area contributed by atoms with Crippen LogP contribution in [0, 0.1) is 0 Å². The van der Waals surface area contributed by atoms with Crippen molar-refractivity contribution in [1.29, 1.82) is 0 Å². The smallest absolute Gasteiger partial charge is 0.0781 e. The van der Waals surface area contributed by atoms with Crippen LogP contribution >= 0.6 is 0 Å². The van der Waals surface area contributed by atoms with Crippen molar-refractivity contribution < 1.29 is 10.2 Å². The monoisotopic (exact) mass is 223 g/mol. The van der Waals surface area contributed by atoms with Gasteiger partial charge in [-0.25, -0.2) is 0 Å². The van der Waals surface area contributed by atoms with Crippen molar-refractivity contribution in [1.82, 2.24) is 0 Å². The molecule has 0 aromatic heterocycles. The van der Waals surface area contributed by atoms with Gasteiger partial charge in [0.15, 0.2) is 0 Å². The Labute approximate surface area is 97.3 Å². The minimum absolute atomic E-state index is 0.117. The maximum absolute atomic E-state index is 9.71. The van der Waals surface area contributed by atoms with Crippen LogP contribution < -0.4 is 4.90 Å². The molecule has 0 spiro atoms. The fourth-order valence-corrected chi connectivity index (χ4v) is 1.87. The Hall–Kier alpha value is -1.06. The number of nitrogens with zero attached hydrogens (tertiary/aromatic N) is 1. The Morgan fingerprint density at radius 2 is 1.81 bits per heavy atom. The van der Waals surface area contributed by atoms with E-state index in [4.69, 9.17) is 5.11 Å². The van der Waals surface area contributed by atoms with E-state index >= 15 is 0 Å². The zero-order valence-corrected chi connectivity index (χ0v) is 10.2. The van der Waals surface area contributed by atoms with E-state index in [0.717, 1.165) is 11.3 Å². The molecule has 0 radical (unpaired) electrons. The summed E-state index contributed by atoms with van der Waals surface area (Å²) in [6.07, 6.45) is -0.490. The van der Waals surface area contributed by atoms with Gasteiger partial charge < -0.3 is 15.1 Å². The summed E-state index contributed by atoms with van der Waals surface area (Å²) in [4.78, 5) is 2.10. The van der Waals surface area contributed by atoms with E-state index in [0.29, 0.717) is 12.6 Å². The van der Waals surface area contributed by atoms with Gasteiger partial charge in [0.05, 0.1) is 12.7 Å². The highest BCUT2D eigenvalue weighted by atomic mass is 16.3. The fourth-order valence-electron chi connectivity index (χ4n) is 1.87. The first-order valence-electron chi connectivity index (χ1n) is 5.72. The van der Waals surface area contributed by atoms with Crippen LogP contribution in [-0.4, -0.2) is 29.4 Å². The molecule has 1 aromatic rings. The standard InChI is InChI=1S/C13H21NO2/c1-10(2)14(8-9-15)13-7-5-4-6-12(13)11(3)16/h4-7,10-11,15-16H,8-9H2,1-3H3/t11-/m1/s1. The summed E-state index contributed by atoms with van der Waals surface area (Å²) in [5, 5.41) is 18.8. The number of aliphatic hydroxyl groups is 2. The minimum atomic E-state index is -0.490. The lowest BCUT2D eigenvalue weighted by atomic mass is 10.1. The normalized spacial score (nSPS) is 12.9. The van der Waals surface area contributed by atoms with Crippen LogP contribution in [0.5, 0.6) is 0 Å². The van der Waals surface area contributed by atoms with E-state index in [1.165, 1.54) is 0 Å². The zero-order valence-electron chi connectivity index (χ0n) is 10.2. The molecule has 0 fully saturated rings. The Bertz CT molecular complexity index is 323. The first-order valence-corrected chi connectivity index (χ1v) is 5.72. The highest BCUT2D eigenvalue weighted by molar-refractivity contribution is 5.55. The van der Waals surface area contributed by atoms with Crippen LogP contribution in [0.25, 0.3) is 0 Å². The van der Waals surface area contributed by atoms with Crippen LogP contribution in [-0.2, 0) is 0 Å². The van der Waals surface area contributed by atoms with Crippen molar-refractivity contribution in [2.24, 2.45) is 0 Å². The number of rotatable bonds is 5. The molecule has 0 heterocycles. The van der Waals surface area contributed by atoms with E-state index in [2.05, 4.69) is 18.7 Å². The molecule has 1 rings (SSSR count). The molecular weight excluding hydrogens is 202 g/mol. The van der Waals surface area contributed by atoms with Gasteiger partial charge in [-0.2, -0.15) is 0 Å². The third-order valence-electron chi connectivity index (χ3n) is 2.66. The highest BCUT2D eigenvalue weighted by Crippen LogP contribution is 2.27. The number of hydrogen-bond acceptors (Lipinski definition) is 3. The van der Waals surface area contributed by atoms with Crippen LogP contribution in [0.4, 0.5) is 5.69 Å². The van der Waals surface area contributed by atoms with Gasteiger partial charge in [0.2, 0.25) is 0 Å². The summed E-state index contributed by atoms with van der Waals surface area (Å²) in [6.45, 7) is 6.62. The number of aliphatic hydroxyl groups excluding tert-OH is 2. The van der Waals surface area contributed by atoms with Crippen molar-refractivity contribution in [3.05, 3.63) is 29.8 Å². The number of benzene rings is 1. The van der Waals surface area contributed by atoms with E-state index in [9.17, 15) is 5.11 Å². The maximum atomic E-state index is 9.71. The molecule has 3 heteroatoms. The highest BCUT2D eigenvalue weighted by Gasteiger charge is 2.15. The van der Waals surface area contributed by atoms with E-state index in [1.54, 1.807) is 6.92 Å². The largest absolute Gasteiger partial charge is 0.395 e. The average molecular weight is 223 g/mol. The molecule has 3 nitrogen and oxygen atoms in total. The van der Waals surface area contributed by atoms with Gasteiger partial charge in [0.25, 0.3) is 0 Å². The zero-order chi connectivity index (χ0) is 12.1. The molecule has 1 aromatic carbocycles. The van der Waals surface area contributed by atoms with E-state index in [-0.39, 0.29) is 6.61 Å². The van der Waals surface area contributed by atoms with Gasteiger partial charge in [-0.3, -0.25) is 0 Å². The summed E-state index contributed by atoms with van der Waals surface area (Å²) >= 11 is 0. The van der Waals surface area contributed by atoms with Crippen LogP contribution in [0.3, 0.4) is 0 Å². The Morgan fingerprint density at radius 1 is 1.19 bits per heavy atom. The molecule has 0 saturated heterocycles. The maximum Gasteiger partial charge on any atom is 0.0781 e. The second-order valence-electron chi connectivity index (χ2n) is 4.25. The first-order chi connectivity index (χ1) is 7.57. The van der Waals surface area contributed by atoms with Crippen LogP contribution in [0.15, 0.2) is 24.3 Å². The molecular formula is C13H21NO2. The van der Waals surface area contributed by atoms with Gasteiger partial charge in [-0.1, -0.05) is 18.2 Å². The Balaban J connectivity index is 3.07. The molecule has 0 amide bonds. The second-order valence-corrected chi connectivity index (χ2v) is 4.25. The quantitative estimate of drug-likeness (QED) is 0.802.